The van der Waals surface area contributed by atoms with E-state index in [-0.39, 0.29) is 18.4 Å². The number of piperidine rings is 1. The Hall–Kier alpha value is -3.32. The lowest BCUT2D eigenvalue weighted by atomic mass is 9.99. The maximum atomic E-state index is 13.2. The average molecular weight is 448 g/mol. The molecule has 164 valence electrons. The molecule has 1 aromatic carbocycles. The highest BCUT2D eigenvalue weighted by molar-refractivity contribution is 7.11. The van der Waals surface area contributed by atoms with Gasteiger partial charge in [0, 0.05) is 29.3 Å². The third kappa shape index (κ3) is 3.96. The lowest BCUT2D eigenvalue weighted by molar-refractivity contribution is -0.137. The molecule has 3 aromatic rings. The van der Waals surface area contributed by atoms with Gasteiger partial charge in [-0.05, 0) is 66.6 Å². The number of benzene rings is 1. The largest absolute Gasteiger partial charge is 0.467 e. The Morgan fingerprint density at radius 2 is 1.81 bits per heavy atom. The van der Waals surface area contributed by atoms with Crippen molar-refractivity contribution in [3.05, 3.63) is 76.5 Å². The van der Waals surface area contributed by atoms with Crippen molar-refractivity contribution in [3.63, 3.8) is 0 Å². The predicted molar refractivity (Wildman–Crippen MR) is 126 cm³/mol. The van der Waals surface area contributed by atoms with Gasteiger partial charge in [-0.2, -0.15) is 0 Å². The Morgan fingerprint density at radius 1 is 1.03 bits per heavy atom. The van der Waals surface area contributed by atoms with E-state index in [1.54, 1.807) is 12.1 Å². The first-order valence-corrected chi connectivity index (χ1v) is 11.8. The fourth-order valence-electron chi connectivity index (χ4n) is 4.21. The predicted octanol–water partition coefficient (Wildman–Crippen LogP) is 4.97. The molecule has 0 bridgehead atoms. The second-order valence-electron chi connectivity index (χ2n) is 8.34. The number of hydrogen-bond donors (Lipinski definition) is 1. The summed E-state index contributed by atoms with van der Waals surface area (Å²) in [6.07, 6.45) is 3.95. The molecule has 0 atom stereocenters. The fraction of sp³-hybridized carbons (Fsp3) is 0.280. The van der Waals surface area contributed by atoms with Crippen LogP contribution in [-0.4, -0.2) is 29.8 Å². The van der Waals surface area contributed by atoms with Crippen LogP contribution in [0.1, 0.15) is 30.4 Å². The molecule has 2 aliphatic rings. The summed E-state index contributed by atoms with van der Waals surface area (Å²) >= 11 is 1.44. The zero-order chi connectivity index (χ0) is 22.1. The molecule has 1 fully saturated rings. The van der Waals surface area contributed by atoms with Crippen molar-refractivity contribution in [2.24, 2.45) is 5.92 Å². The second-order valence-corrected chi connectivity index (χ2v) is 9.29. The highest BCUT2D eigenvalue weighted by Crippen LogP contribution is 2.34. The van der Waals surface area contributed by atoms with Crippen LogP contribution in [0.4, 0.5) is 11.4 Å². The molecular formula is C25H25N3O3S. The van der Waals surface area contributed by atoms with Gasteiger partial charge in [-0.3, -0.25) is 14.5 Å². The summed E-state index contributed by atoms with van der Waals surface area (Å²) in [6, 6.07) is 15.3. The third-order valence-electron chi connectivity index (χ3n) is 6.12. The molecule has 2 aliphatic heterocycles. The maximum absolute atomic E-state index is 13.2. The van der Waals surface area contributed by atoms with Gasteiger partial charge in [0.2, 0.25) is 0 Å². The van der Waals surface area contributed by atoms with Crippen molar-refractivity contribution >= 4 is 40.1 Å². The Morgan fingerprint density at radius 3 is 2.47 bits per heavy atom. The van der Waals surface area contributed by atoms with E-state index in [1.165, 1.54) is 41.0 Å². The molecule has 2 aromatic heterocycles. The summed E-state index contributed by atoms with van der Waals surface area (Å²) in [4.78, 5) is 30.8. The molecule has 0 radical (unpaired) electrons. The van der Waals surface area contributed by atoms with E-state index in [1.807, 2.05) is 29.6 Å². The van der Waals surface area contributed by atoms with Crippen LogP contribution >= 0.6 is 11.3 Å². The quantitative estimate of drug-likeness (QED) is 0.541. The van der Waals surface area contributed by atoms with Crippen LogP contribution in [0.15, 0.2) is 70.3 Å². The Balaban J connectivity index is 1.39. The van der Waals surface area contributed by atoms with Crippen molar-refractivity contribution in [1.29, 1.82) is 0 Å². The SMILES string of the molecule is CC1CCN(c2ccc(NC3=C(c4cccs4)C(=O)N(Cc4ccco4)C3=O)cc2)CC1. The van der Waals surface area contributed by atoms with Gasteiger partial charge in [0.25, 0.3) is 11.8 Å². The Bertz CT molecular complexity index is 1130. The van der Waals surface area contributed by atoms with Gasteiger partial charge >= 0.3 is 0 Å². The van der Waals surface area contributed by atoms with Crippen LogP contribution in [0, 0.1) is 5.92 Å². The lowest BCUT2D eigenvalue weighted by Crippen LogP contribution is -2.32. The summed E-state index contributed by atoms with van der Waals surface area (Å²) in [5.41, 5.74) is 2.68. The third-order valence-corrected chi connectivity index (χ3v) is 7.00. The molecule has 2 amide bonds. The summed E-state index contributed by atoms with van der Waals surface area (Å²) in [7, 11) is 0. The van der Waals surface area contributed by atoms with E-state index >= 15 is 0 Å². The molecule has 1 saturated heterocycles. The van der Waals surface area contributed by atoms with Gasteiger partial charge in [0.15, 0.2) is 0 Å². The average Bonchev–Trinajstić information content (AvgIpc) is 3.55. The number of carbonyl (C=O) groups is 2. The maximum Gasteiger partial charge on any atom is 0.278 e. The zero-order valence-electron chi connectivity index (χ0n) is 17.9. The second kappa shape index (κ2) is 8.67. The minimum Gasteiger partial charge on any atom is -0.467 e. The number of amides is 2. The number of rotatable bonds is 6. The van der Waals surface area contributed by atoms with E-state index in [0.717, 1.165) is 29.6 Å². The van der Waals surface area contributed by atoms with Crippen LogP contribution in [0.2, 0.25) is 0 Å². The van der Waals surface area contributed by atoms with Gasteiger partial charge in [-0.1, -0.05) is 13.0 Å². The minimum absolute atomic E-state index is 0.108. The Labute approximate surface area is 191 Å². The number of carbonyl (C=O) groups excluding carboxylic acids is 2. The molecule has 5 rings (SSSR count). The molecule has 1 N–H and O–H groups in total. The van der Waals surface area contributed by atoms with Gasteiger partial charge in [-0.25, -0.2) is 0 Å². The number of anilines is 2. The zero-order valence-corrected chi connectivity index (χ0v) is 18.7. The van der Waals surface area contributed by atoms with E-state index < -0.39 is 0 Å². The van der Waals surface area contributed by atoms with Crippen LogP contribution in [0.25, 0.3) is 5.57 Å². The normalized spacial score (nSPS) is 17.5. The van der Waals surface area contributed by atoms with E-state index in [2.05, 4.69) is 29.3 Å². The van der Waals surface area contributed by atoms with E-state index in [4.69, 9.17) is 4.42 Å². The number of nitrogens with zero attached hydrogens (tertiary/aromatic N) is 2. The van der Waals surface area contributed by atoms with Crippen LogP contribution in [-0.2, 0) is 16.1 Å². The van der Waals surface area contributed by atoms with Crippen molar-refractivity contribution in [3.8, 4) is 0 Å². The molecule has 0 unspecified atom stereocenters. The topological polar surface area (TPSA) is 65.8 Å². The van der Waals surface area contributed by atoms with Crippen LogP contribution < -0.4 is 10.2 Å². The van der Waals surface area contributed by atoms with Crippen molar-refractivity contribution in [1.82, 2.24) is 4.90 Å². The van der Waals surface area contributed by atoms with E-state index in [0.29, 0.717) is 17.0 Å². The van der Waals surface area contributed by atoms with Gasteiger partial charge in [0.1, 0.15) is 11.5 Å². The highest BCUT2D eigenvalue weighted by Gasteiger charge is 2.40. The van der Waals surface area contributed by atoms with Crippen molar-refractivity contribution in [2.75, 3.05) is 23.3 Å². The van der Waals surface area contributed by atoms with Crippen LogP contribution in [0.3, 0.4) is 0 Å². The molecule has 0 spiro atoms. The summed E-state index contributed by atoms with van der Waals surface area (Å²) in [5, 5.41) is 5.14. The molecule has 7 heteroatoms. The molecule has 32 heavy (non-hydrogen) atoms. The smallest absolute Gasteiger partial charge is 0.278 e. The molecule has 0 saturated carbocycles. The standard InChI is InChI=1S/C25H25N3O3S/c1-17-10-12-27(13-11-17)19-8-6-18(7-9-19)26-23-22(21-5-3-15-32-21)24(29)28(25(23)30)16-20-4-2-14-31-20/h2-9,14-15,17,26H,10-13,16H2,1H3. The van der Waals surface area contributed by atoms with Gasteiger partial charge in [0.05, 0.1) is 18.4 Å². The molecular weight excluding hydrogens is 422 g/mol. The summed E-state index contributed by atoms with van der Waals surface area (Å²) in [6.45, 7) is 4.54. The number of nitrogens with one attached hydrogen (secondary N) is 1. The monoisotopic (exact) mass is 447 g/mol. The lowest BCUT2D eigenvalue weighted by Gasteiger charge is -2.32. The number of imide groups is 1. The van der Waals surface area contributed by atoms with Crippen LogP contribution in [0.5, 0.6) is 0 Å². The van der Waals surface area contributed by atoms with Crippen molar-refractivity contribution < 1.29 is 14.0 Å². The molecule has 0 aliphatic carbocycles. The summed E-state index contributed by atoms with van der Waals surface area (Å²) < 4.78 is 5.36. The van der Waals surface area contributed by atoms with Gasteiger partial charge in [-0.15, -0.1) is 11.3 Å². The number of hydrogen-bond acceptors (Lipinski definition) is 6. The number of thiophene rings is 1. The first-order chi connectivity index (χ1) is 15.6. The van der Waals surface area contributed by atoms with Crippen molar-refractivity contribution in [2.45, 2.75) is 26.3 Å². The Kier molecular flexibility index (Phi) is 5.57. The highest BCUT2D eigenvalue weighted by atomic mass is 32.1. The molecule has 6 nitrogen and oxygen atoms in total. The van der Waals surface area contributed by atoms with E-state index in [9.17, 15) is 9.59 Å². The first-order valence-electron chi connectivity index (χ1n) is 10.9. The minimum atomic E-state index is -0.344. The molecule has 4 heterocycles. The number of furan rings is 1. The fourth-order valence-corrected chi connectivity index (χ4v) is 4.98. The van der Waals surface area contributed by atoms with Gasteiger partial charge < -0.3 is 14.6 Å². The first kappa shape index (κ1) is 20.6. The summed E-state index contributed by atoms with van der Waals surface area (Å²) in [5.74, 6) is 0.697.